The second-order valence-corrected chi connectivity index (χ2v) is 4.62. The van der Waals surface area contributed by atoms with Crippen LogP contribution in [-0.4, -0.2) is 23.6 Å². The molecule has 0 amide bonds. The van der Waals surface area contributed by atoms with Crippen molar-refractivity contribution in [1.82, 2.24) is 0 Å². The van der Waals surface area contributed by atoms with Crippen LogP contribution in [0.1, 0.15) is 5.56 Å². The van der Waals surface area contributed by atoms with Crippen LogP contribution in [0.2, 0.25) is 10.0 Å². The Bertz CT molecular complexity index is 426. The number of aliphatic hydroxyl groups is 1. The lowest BCUT2D eigenvalue weighted by atomic mass is 10.2. The highest BCUT2D eigenvalue weighted by atomic mass is 35.5. The van der Waals surface area contributed by atoms with Crippen molar-refractivity contribution < 1.29 is 18.3 Å². The molecule has 2 nitrogen and oxygen atoms in total. The van der Waals surface area contributed by atoms with Gasteiger partial charge in [0.15, 0.2) is 0 Å². The van der Waals surface area contributed by atoms with E-state index in [-0.39, 0.29) is 23.1 Å². The quantitative estimate of drug-likeness (QED) is 0.821. The van der Waals surface area contributed by atoms with E-state index >= 15 is 0 Å². The zero-order valence-electron chi connectivity index (χ0n) is 8.86. The Kier molecular flexibility index (Phi) is 5.40. The zero-order chi connectivity index (χ0) is 13.9. The molecule has 2 N–H and O–H groups in total. The minimum Gasteiger partial charge on any atom is -0.390 e. The lowest BCUT2D eigenvalue weighted by Crippen LogP contribution is -2.21. The molecule has 1 atom stereocenters. The summed E-state index contributed by atoms with van der Waals surface area (Å²) in [5.74, 6) is -0.0443. The third-order valence-corrected chi connectivity index (χ3v) is 3.03. The third kappa shape index (κ3) is 4.09. The van der Waals surface area contributed by atoms with Crippen LogP contribution in [0, 0.1) is 0 Å². The average Bonchev–Trinajstić information content (AvgIpc) is 2.27. The van der Waals surface area contributed by atoms with Gasteiger partial charge in [-0.15, -0.1) is 11.6 Å². The van der Waals surface area contributed by atoms with Gasteiger partial charge in [-0.2, -0.15) is 13.2 Å². The van der Waals surface area contributed by atoms with Crippen LogP contribution in [0.5, 0.6) is 0 Å². The number of halogens is 6. The van der Waals surface area contributed by atoms with Gasteiger partial charge in [0, 0.05) is 11.6 Å². The van der Waals surface area contributed by atoms with Crippen molar-refractivity contribution in [3.05, 3.63) is 27.7 Å². The van der Waals surface area contributed by atoms with Gasteiger partial charge in [-0.1, -0.05) is 23.2 Å². The summed E-state index contributed by atoms with van der Waals surface area (Å²) in [6.07, 6.45) is -5.49. The monoisotopic (exact) mass is 321 g/mol. The number of hydrogen-bond acceptors (Lipinski definition) is 2. The summed E-state index contributed by atoms with van der Waals surface area (Å²) in [5.41, 5.74) is -1.03. The van der Waals surface area contributed by atoms with Gasteiger partial charge in [0.1, 0.15) is 0 Å². The molecule has 18 heavy (non-hydrogen) atoms. The van der Waals surface area contributed by atoms with Gasteiger partial charge in [-0.25, -0.2) is 0 Å². The van der Waals surface area contributed by atoms with E-state index in [2.05, 4.69) is 5.32 Å². The molecule has 0 radical (unpaired) electrons. The Labute approximate surface area is 117 Å². The van der Waals surface area contributed by atoms with Crippen LogP contribution in [0.3, 0.4) is 0 Å². The van der Waals surface area contributed by atoms with Crippen LogP contribution in [0.15, 0.2) is 12.1 Å². The fourth-order valence-corrected chi connectivity index (χ4v) is 1.82. The SMILES string of the molecule is OC(CCl)CNc1cc(Cl)cc(C(F)(F)F)c1Cl. The Morgan fingerprint density at radius 1 is 1.28 bits per heavy atom. The van der Waals surface area contributed by atoms with Crippen LogP contribution >= 0.6 is 34.8 Å². The molecule has 1 rings (SSSR count). The molecule has 102 valence electrons. The lowest BCUT2D eigenvalue weighted by molar-refractivity contribution is -0.137. The fourth-order valence-electron chi connectivity index (χ4n) is 1.21. The average molecular weight is 323 g/mol. The second kappa shape index (κ2) is 6.19. The highest BCUT2D eigenvalue weighted by Gasteiger charge is 2.34. The number of nitrogens with one attached hydrogen (secondary N) is 1. The number of benzene rings is 1. The van der Waals surface area contributed by atoms with E-state index in [4.69, 9.17) is 34.8 Å². The van der Waals surface area contributed by atoms with Gasteiger partial charge >= 0.3 is 6.18 Å². The second-order valence-electron chi connectivity index (χ2n) is 3.50. The molecule has 0 saturated carbocycles. The number of hydrogen-bond donors (Lipinski definition) is 2. The molecule has 1 unspecified atom stereocenters. The first-order valence-electron chi connectivity index (χ1n) is 4.80. The summed E-state index contributed by atoms with van der Waals surface area (Å²) >= 11 is 16.6. The topological polar surface area (TPSA) is 32.3 Å². The van der Waals surface area contributed by atoms with E-state index in [1.54, 1.807) is 0 Å². The van der Waals surface area contributed by atoms with Crippen molar-refractivity contribution in [3.63, 3.8) is 0 Å². The first-order valence-corrected chi connectivity index (χ1v) is 6.09. The van der Waals surface area contributed by atoms with Gasteiger partial charge in [-0.3, -0.25) is 0 Å². The number of aliphatic hydroxyl groups excluding tert-OH is 1. The van der Waals surface area contributed by atoms with E-state index in [1.807, 2.05) is 0 Å². The summed E-state index contributed by atoms with van der Waals surface area (Å²) in [4.78, 5) is 0. The summed E-state index contributed by atoms with van der Waals surface area (Å²) < 4.78 is 37.9. The van der Waals surface area contributed by atoms with Gasteiger partial charge in [-0.05, 0) is 12.1 Å². The maximum absolute atomic E-state index is 12.6. The largest absolute Gasteiger partial charge is 0.417 e. The molecule has 1 aromatic carbocycles. The van der Waals surface area contributed by atoms with E-state index in [1.165, 1.54) is 6.07 Å². The van der Waals surface area contributed by atoms with Crippen molar-refractivity contribution in [2.45, 2.75) is 12.3 Å². The Hall–Kier alpha value is -0.360. The lowest BCUT2D eigenvalue weighted by Gasteiger charge is -2.16. The number of alkyl halides is 4. The predicted molar refractivity (Wildman–Crippen MR) is 66.7 cm³/mol. The van der Waals surface area contributed by atoms with Crippen LogP contribution in [-0.2, 0) is 6.18 Å². The molecule has 0 aliphatic heterocycles. The fraction of sp³-hybridized carbons (Fsp3) is 0.400. The summed E-state index contributed by atoms with van der Waals surface area (Å²) in [6.45, 7) is -0.0269. The molecule has 0 bridgehead atoms. The molecule has 0 aliphatic carbocycles. The molecule has 0 fully saturated rings. The molecule has 1 aromatic rings. The highest BCUT2D eigenvalue weighted by molar-refractivity contribution is 6.36. The molecular formula is C10H9Cl3F3NO. The maximum Gasteiger partial charge on any atom is 0.417 e. The normalized spacial score (nSPS) is 13.5. The molecule has 0 spiro atoms. The standard InChI is InChI=1S/C10H9Cl3F3NO/c11-3-6(18)4-17-8-2-5(12)1-7(9(8)13)10(14,15)16/h1-2,6,17-18H,3-4H2. The minimum atomic E-state index is -4.59. The first kappa shape index (κ1) is 15.7. The van der Waals surface area contributed by atoms with Gasteiger partial charge in [0.2, 0.25) is 0 Å². The van der Waals surface area contributed by atoms with Crippen LogP contribution in [0.4, 0.5) is 18.9 Å². The van der Waals surface area contributed by atoms with Crippen molar-refractivity contribution in [2.24, 2.45) is 0 Å². The number of anilines is 1. The molecule has 0 aromatic heterocycles. The summed E-state index contributed by atoms with van der Waals surface area (Å²) in [5, 5.41) is 11.2. The van der Waals surface area contributed by atoms with E-state index in [9.17, 15) is 18.3 Å². The van der Waals surface area contributed by atoms with Crippen LogP contribution in [0.25, 0.3) is 0 Å². The van der Waals surface area contributed by atoms with E-state index in [0.717, 1.165) is 6.07 Å². The highest BCUT2D eigenvalue weighted by Crippen LogP contribution is 2.40. The minimum absolute atomic E-state index is 0.000610. The van der Waals surface area contributed by atoms with Crippen LogP contribution < -0.4 is 5.32 Å². The van der Waals surface area contributed by atoms with Gasteiger partial charge in [0.25, 0.3) is 0 Å². The molecular weight excluding hydrogens is 313 g/mol. The summed E-state index contributed by atoms with van der Waals surface area (Å²) in [7, 11) is 0. The third-order valence-electron chi connectivity index (χ3n) is 2.05. The molecule has 0 aliphatic rings. The van der Waals surface area contributed by atoms with E-state index in [0.29, 0.717) is 0 Å². The Morgan fingerprint density at radius 2 is 1.89 bits per heavy atom. The molecule has 8 heteroatoms. The first-order chi connectivity index (χ1) is 8.25. The maximum atomic E-state index is 12.6. The predicted octanol–water partition coefficient (Wildman–Crippen LogP) is 4.02. The van der Waals surface area contributed by atoms with E-state index < -0.39 is 22.9 Å². The van der Waals surface area contributed by atoms with Crippen molar-refractivity contribution >= 4 is 40.5 Å². The van der Waals surface area contributed by atoms with Gasteiger partial charge in [0.05, 0.1) is 28.3 Å². The van der Waals surface area contributed by atoms with Crippen molar-refractivity contribution in [1.29, 1.82) is 0 Å². The van der Waals surface area contributed by atoms with Crippen molar-refractivity contribution in [2.75, 3.05) is 17.7 Å². The Morgan fingerprint density at radius 3 is 2.39 bits per heavy atom. The smallest absolute Gasteiger partial charge is 0.390 e. The molecule has 0 heterocycles. The van der Waals surface area contributed by atoms with Gasteiger partial charge < -0.3 is 10.4 Å². The van der Waals surface area contributed by atoms with Crippen molar-refractivity contribution in [3.8, 4) is 0 Å². The molecule has 0 saturated heterocycles. The summed E-state index contributed by atoms with van der Waals surface area (Å²) in [6, 6.07) is 1.99. The Balaban J connectivity index is 3.02. The zero-order valence-corrected chi connectivity index (χ0v) is 11.1. The number of rotatable bonds is 4.